The van der Waals surface area contributed by atoms with Gasteiger partial charge in [0.2, 0.25) is 0 Å². The molecule has 3 heteroatoms. The summed E-state index contributed by atoms with van der Waals surface area (Å²) in [6.07, 6.45) is 2.00. The first kappa shape index (κ1) is 16.3. The van der Waals surface area contributed by atoms with Crippen LogP contribution in [0.4, 0.5) is 0 Å². The van der Waals surface area contributed by atoms with Gasteiger partial charge >= 0.3 is 0 Å². The Morgan fingerprint density at radius 1 is 0.958 bits per heavy atom. The average molecular weight is 334 g/mol. The van der Waals surface area contributed by atoms with Crippen LogP contribution in [0.2, 0.25) is 5.02 Å². The fourth-order valence-electron chi connectivity index (χ4n) is 2.46. The second-order valence-corrected chi connectivity index (χ2v) is 5.93. The van der Waals surface area contributed by atoms with Crippen molar-refractivity contribution in [3.63, 3.8) is 0 Å². The van der Waals surface area contributed by atoms with E-state index in [-0.39, 0.29) is 0 Å². The molecule has 3 rings (SSSR count). The molecule has 0 radical (unpaired) electrons. The van der Waals surface area contributed by atoms with Crippen LogP contribution in [0.25, 0.3) is 0 Å². The van der Waals surface area contributed by atoms with Gasteiger partial charge in [-0.05, 0) is 29.2 Å². The van der Waals surface area contributed by atoms with Crippen LogP contribution in [0.1, 0.15) is 16.8 Å². The first-order valence-electron chi connectivity index (χ1n) is 7.62. The highest BCUT2D eigenvalue weighted by Gasteiger charge is 2.27. The maximum absolute atomic E-state index is 11.2. The average Bonchev–Trinajstić information content (AvgIpc) is 2.62. The van der Waals surface area contributed by atoms with Crippen molar-refractivity contribution >= 4 is 11.6 Å². The van der Waals surface area contributed by atoms with E-state index in [4.69, 9.17) is 11.6 Å². The minimum Gasteiger partial charge on any atom is -0.373 e. The molecule has 1 heterocycles. The number of rotatable bonds is 3. The van der Waals surface area contributed by atoms with Crippen LogP contribution in [-0.2, 0) is 12.0 Å². The Labute approximate surface area is 146 Å². The van der Waals surface area contributed by atoms with Crippen molar-refractivity contribution in [2.75, 3.05) is 0 Å². The van der Waals surface area contributed by atoms with Crippen molar-refractivity contribution in [1.29, 1.82) is 0 Å². The zero-order valence-electron chi connectivity index (χ0n) is 13.0. The molecule has 0 spiro atoms. The first-order valence-corrected chi connectivity index (χ1v) is 8.00. The molecule has 0 amide bonds. The highest BCUT2D eigenvalue weighted by atomic mass is 35.5. The molecule has 0 aliphatic rings. The number of hydrogen-bond acceptors (Lipinski definition) is 2. The lowest BCUT2D eigenvalue weighted by Gasteiger charge is -2.23. The molecule has 2 nitrogen and oxygen atoms in total. The van der Waals surface area contributed by atoms with Gasteiger partial charge in [0.25, 0.3) is 0 Å². The Morgan fingerprint density at radius 3 is 2.29 bits per heavy atom. The van der Waals surface area contributed by atoms with Crippen LogP contribution in [0, 0.1) is 11.8 Å². The number of halogens is 1. The summed E-state index contributed by atoms with van der Waals surface area (Å²) in [4.78, 5) is 4.17. The Balaban J connectivity index is 2.00. The summed E-state index contributed by atoms with van der Waals surface area (Å²) in [6, 6.07) is 22.6. The van der Waals surface area contributed by atoms with E-state index in [1.165, 1.54) is 0 Å². The van der Waals surface area contributed by atoms with Crippen LogP contribution < -0.4 is 0 Å². The Kier molecular flexibility index (Phi) is 4.96. The summed E-state index contributed by atoms with van der Waals surface area (Å²) in [5.41, 5.74) is 0.998. The molecule has 0 bridgehead atoms. The lowest BCUT2D eigenvalue weighted by molar-refractivity contribution is 0.101. The summed E-state index contributed by atoms with van der Waals surface area (Å²) in [5.74, 6) is 5.94. The van der Waals surface area contributed by atoms with Gasteiger partial charge in [-0.1, -0.05) is 78.2 Å². The minimum atomic E-state index is -1.30. The second kappa shape index (κ2) is 7.31. The molecule has 0 aliphatic carbocycles. The van der Waals surface area contributed by atoms with Gasteiger partial charge < -0.3 is 5.11 Å². The molecule has 24 heavy (non-hydrogen) atoms. The van der Waals surface area contributed by atoms with Crippen LogP contribution in [-0.4, -0.2) is 10.1 Å². The summed E-state index contributed by atoms with van der Waals surface area (Å²) < 4.78 is 0. The quantitative estimate of drug-likeness (QED) is 0.728. The molecule has 2 aromatic carbocycles. The van der Waals surface area contributed by atoms with Crippen LogP contribution in [0.5, 0.6) is 0 Å². The third kappa shape index (κ3) is 4.02. The standard InChI is InChI=1S/C21H16ClNO/c22-19-12-14-23-20(15-19)11-13-21(24,18-9-5-2-6-10-18)16-17-7-3-1-4-8-17/h1-10,12,14-15,24H,16H2. The predicted molar refractivity (Wildman–Crippen MR) is 96.6 cm³/mol. The zero-order chi connectivity index (χ0) is 16.8. The fraction of sp³-hybridized carbons (Fsp3) is 0.0952. The van der Waals surface area contributed by atoms with Gasteiger partial charge in [0.15, 0.2) is 5.60 Å². The normalized spacial score (nSPS) is 12.8. The van der Waals surface area contributed by atoms with Gasteiger partial charge in [-0.25, -0.2) is 4.98 Å². The number of hydrogen-bond donors (Lipinski definition) is 1. The highest BCUT2D eigenvalue weighted by molar-refractivity contribution is 6.30. The Morgan fingerprint density at radius 2 is 1.62 bits per heavy atom. The number of nitrogens with zero attached hydrogens (tertiary/aromatic N) is 1. The molecule has 1 N–H and O–H groups in total. The SMILES string of the molecule is OC(C#Cc1cc(Cl)ccn1)(Cc1ccccc1)c1ccccc1. The van der Waals surface area contributed by atoms with Crippen LogP contribution in [0.15, 0.2) is 79.0 Å². The predicted octanol–water partition coefficient (Wildman–Crippen LogP) is 4.22. The van der Waals surface area contributed by atoms with E-state index >= 15 is 0 Å². The minimum absolute atomic E-state index is 0.394. The van der Waals surface area contributed by atoms with E-state index in [9.17, 15) is 5.11 Å². The third-order valence-corrected chi connectivity index (χ3v) is 3.91. The van der Waals surface area contributed by atoms with E-state index in [2.05, 4.69) is 16.8 Å². The maximum atomic E-state index is 11.2. The van der Waals surface area contributed by atoms with Crippen molar-refractivity contribution in [3.05, 3.63) is 101 Å². The smallest absolute Gasteiger partial charge is 0.155 e. The number of benzene rings is 2. The molecule has 0 saturated heterocycles. The number of aliphatic hydroxyl groups is 1. The molecule has 118 valence electrons. The highest BCUT2D eigenvalue weighted by Crippen LogP contribution is 2.25. The molecule has 0 fully saturated rings. The zero-order valence-corrected chi connectivity index (χ0v) is 13.7. The monoisotopic (exact) mass is 333 g/mol. The molecule has 1 aromatic heterocycles. The van der Waals surface area contributed by atoms with E-state index in [1.807, 2.05) is 60.7 Å². The number of pyridine rings is 1. The molecule has 1 unspecified atom stereocenters. The van der Waals surface area contributed by atoms with Crippen molar-refractivity contribution in [2.24, 2.45) is 0 Å². The summed E-state index contributed by atoms with van der Waals surface area (Å²) in [7, 11) is 0. The van der Waals surface area contributed by atoms with Gasteiger partial charge in [0, 0.05) is 17.6 Å². The molecule has 0 saturated carbocycles. The van der Waals surface area contributed by atoms with Crippen LogP contribution in [0.3, 0.4) is 0 Å². The fourth-order valence-corrected chi connectivity index (χ4v) is 2.62. The maximum Gasteiger partial charge on any atom is 0.155 e. The molecule has 3 aromatic rings. The van der Waals surface area contributed by atoms with Gasteiger partial charge in [-0.3, -0.25) is 0 Å². The van der Waals surface area contributed by atoms with Gasteiger partial charge in [0.05, 0.1) is 0 Å². The topological polar surface area (TPSA) is 33.1 Å². The largest absolute Gasteiger partial charge is 0.373 e. The van der Waals surface area contributed by atoms with Gasteiger partial charge in [-0.2, -0.15) is 0 Å². The van der Waals surface area contributed by atoms with Crippen LogP contribution >= 0.6 is 11.6 Å². The number of aromatic nitrogens is 1. The van der Waals surface area contributed by atoms with E-state index in [1.54, 1.807) is 18.3 Å². The lowest BCUT2D eigenvalue weighted by atomic mass is 9.87. The third-order valence-electron chi connectivity index (χ3n) is 3.67. The summed E-state index contributed by atoms with van der Waals surface area (Å²) in [5, 5.41) is 11.8. The van der Waals surface area contributed by atoms with E-state index in [0.29, 0.717) is 17.1 Å². The van der Waals surface area contributed by atoms with E-state index in [0.717, 1.165) is 11.1 Å². The Hall–Kier alpha value is -2.60. The van der Waals surface area contributed by atoms with Gasteiger partial charge in [-0.15, -0.1) is 0 Å². The molecule has 1 atom stereocenters. The summed E-state index contributed by atoms with van der Waals surface area (Å²) >= 11 is 5.97. The van der Waals surface area contributed by atoms with Gasteiger partial charge in [0.1, 0.15) is 5.69 Å². The first-order chi connectivity index (χ1) is 11.7. The second-order valence-electron chi connectivity index (χ2n) is 5.50. The van der Waals surface area contributed by atoms with Crippen molar-refractivity contribution < 1.29 is 5.11 Å². The molecular weight excluding hydrogens is 318 g/mol. The van der Waals surface area contributed by atoms with Crippen molar-refractivity contribution in [3.8, 4) is 11.8 Å². The van der Waals surface area contributed by atoms with Crippen molar-refractivity contribution in [1.82, 2.24) is 4.98 Å². The molecular formula is C21H16ClNO. The summed E-state index contributed by atoms with van der Waals surface area (Å²) in [6.45, 7) is 0. The lowest BCUT2D eigenvalue weighted by Crippen LogP contribution is -2.26. The Bertz CT molecular complexity index is 868. The molecule has 0 aliphatic heterocycles. The van der Waals surface area contributed by atoms with Crippen molar-refractivity contribution in [2.45, 2.75) is 12.0 Å². The van der Waals surface area contributed by atoms with E-state index < -0.39 is 5.60 Å².